The number of esters is 5. The van der Waals surface area contributed by atoms with Crippen molar-refractivity contribution in [1.29, 1.82) is 0 Å². The standard InChI is InChI=1S/C48H78Br6N6O17/c1-39(2,49)33(64)72-23-45(13,24-73-34(65)40(3,4)50)30(61)56-20-48(29-71-19-18-70-17-16-59-60-55,21-57-31(62)46(14,25-74-35(66)41(5,6)51)26-75-36(67)42(7,8)52)22-58-32(63)47(15,27-76-37(68)43(9,10)53)28-77-38(69)44(11,12)54/h33,64H,16-29H2,1-15H3,(H,56,61)(H,57,62)(H,58,63). The Kier molecular flexibility index (Phi) is 30.4. The average molecular weight is 1490 g/mol. The quantitative estimate of drug-likeness (QED) is 0.00734. The van der Waals surface area contributed by atoms with Crippen molar-refractivity contribution in [2.75, 3.05) is 92.2 Å². The van der Waals surface area contributed by atoms with Crippen molar-refractivity contribution in [3.63, 3.8) is 0 Å². The van der Waals surface area contributed by atoms with Crippen LogP contribution in [0.4, 0.5) is 0 Å². The summed E-state index contributed by atoms with van der Waals surface area (Å²) in [6, 6.07) is 0. The molecule has 0 aliphatic rings. The van der Waals surface area contributed by atoms with Crippen LogP contribution in [0.1, 0.15) is 104 Å². The highest BCUT2D eigenvalue weighted by Crippen LogP contribution is 2.31. The molecule has 0 spiro atoms. The number of nitrogens with one attached hydrogen (secondary N) is 3. The van der Waals surface area contributed by atoms with E-state index < -0.39 is 167 Å². The third kappa shape index (κ3) is 27.9. The van der Waals surface area contributed by atoms with Gasteiger partial charge < -0.3 is 59.0 Å². The number of carbonyl (C=O) groups excluding carboxylic acids is 8. The van der Waals surface area contributed by atoms with Gasteiger partial charge >= 0.3 is 29.8 Å². The van der Waals surface area contributed by atoms with Crippen molar-refractivity contribution >= 4 is 143 Å². The molecule has 0 aromatic rings. The van der Waals surface area contributed by atoms with Gasteiger partial charge in [0.25, 0.3) is 0 Å². The van der Waals surface area contributed by atoms with E-state index in [-0.39, 0.29) is 26.4 Å². The molecule has 29 heteroatoms. The van der Waals surface area contributed by atoms with Gasteiger partial charge in [-0.05, 0) is 109 Å². The summed E-state index contributed by atoms with van der Waals surface area (Å²) in [6.45, 7) is 17.4. The van der Waals surface area contributed by atoms with Gasteiger partial charge in [0.1, 0.15) is 70.9 Å². The first kappa shape index (κ1) is 74.8. The Morgan fingerprint density at radius 2 is 0.727 bits per heavy atom. The second-order valence-corrected chi connectivity index (χ2v) is 34.3. The SMILES string of the molecule is CC(C)(Br)C(=O)OCC(C)(COC(=O)C(C)(C)Br)C(=O)NCC(CNC(=O)C(C)(COC(=O)C(C)(C)Br)COC(=O)C(C)(C)Br)(CNC(=O)C(C)(COC(=O)C(C)(C)Br)COC(O)C(C)(C)Br)COCCOCCN=[N+]=[N-]. The number of alkyl halides is 6. The summed E-state index contributed by atoms with van der Waals surface area (Å²) in [6.07, 6.45) is -1.46. The molecular weight excluding hydrogens is 1410 g/mol. The minimum atomic E-state index is -1.79. The lowest BCUT2D eigenvalue weighted by molar-refractivity contribution is -0.167. The van der Waals surface area contributed by atoms with Crippen molar-refractivity contribution < 1.29 is 81.4 Å². The molecule has 0 bridgehead atoms. The molecular formula is C48H78Br6N6O17. The Labute approximate surface area is 502 Å². The lowest BCUT2D eigenvalue weighted by atomic mass is 9.84. The Morgan fingerprint density at radius 1 is 0.455 bits per heavy atom. The van der Waals surface area contributed by atoms with E-state index in [1.807, 2.05) is 0 Å². The van der Waals surface area contributed by atoms with Gasteiger partial charge in [0.15, 0.2) is 6.29 Å². The number of halogens is 6. The molecule has 0 fully saturated rings. The Hall–Kier alpha value is -2.21. The van der Waals surface area contributed by atoms with Crippen LogP contribution in [0.3, 0.4) is 0 Å². The monoisotopic (exact) mass is 1480 g/mol. The van der Waals surface area contributed by atoms with Crippen LogP contribution in [0, 0.1) is 21.7 Å². The number of azide groups is 1. The van der Waals surface area contributed by atoms with Crippen LogP contribution in [0.15, 0.2) is 5.11 Å². The molecule has 0 radical (unpaired) electrons. The van der Waals surface area contributed by atoms with E-state index in [0.717, 1.165) is 0 Å². The third-order valence-corrected chi connectivity index (χ3v) is 12.9. The number of nitrogens with zero attached hydrogens (tertiary/aromatic N) is 3. The minimum absolute atomic E-state index is 0.0208. The van der Waals surface area contributed by atoms with Crippen LogP contribution in [0.2, 0.25) is 0 Å². The first-order valence-electron chi connectivity index (χ1n) is 24.0. The van der Waals surface area contributed by atoms with Crippen LogP contribution in [-0.2, 0) is 76.3 Å². The van der Waals surface area contributed by atoms with E-state index in [1.165, 1.54) is 90.0 Å². The number of hydrogen-bond acceptors (Lipinski definition) is 18. The predicted octanol–water partition coefficient (Wildman–Crippen LogP) is 6.78. The van der Waals surface area contributed by atoms with Gasteiger partial charge in [0.2, 0.25) is 17.7 Å². The summed E-state index contributed by atoms with van der Waals surface area (Å²) in [5.41, 5.74) is 1.76. The molecule has 0 saturated heterocycles. The number of ether oxygens (including phenoxy) is 8. The van der Waals surface area contributed by atoms with Gasteiger partial charge in [0.05, 0.1) is 37.4 Å². The molecule has 0 rings (SSSR count). The molecule has 444 valence electrons. The maximum Gasteiger partial charge on any atom is 0.322 e. The summed E-state index contributed by atoms with van der Waals surface area (Å²) >= 11 is 19.6. The lowest BCUT2D eigenvalue weighted by Crippen LogP contribution is -2.59. The summed E-state index contributed by atoms with van der Waals surface area (Å²) in [4.78, 5) is 112. The van der Waals surface area contributed by atoms with Crippen molar-refractivity contribution in [3.05, 3.63) is 10.4 Å². The number of hydrogen-bond donors (Lipinski definition) is 4. The normalized spacial score (nSPS) is 14.2. The van der Waals surface area contributed by atoms with E-state index in [2.05, 4.69) is 122 Å². The minimum Gasteiger partial charge on any atom is -0.463 e. The van der Waals surface area contributed by atoms with Crippen LogP contribution in [0.25, 0.3) is 10.4 Å². The zero-order chi connectivity index (χ0) is 60.3. The zero-order valence-corrected chi connectivity index (χ0v) is 56.1. The van der Waals surface area contributed by atoms with Crippen LogP contribution >= 0.6 is 95.6 Å². The highest BCUT2D eigenvalue weighted by atomic mass is 79.9. The third-order valence-electron chi connectivity index (χ3n) is 10.9. The average Bonchev–Trinajstić information content (AvgIpc) is 3.30. The summed E-state index contributed by atoms with van der Waals surface area (Å²) in [5.74, 6) is -6.17. The van der Waals surface area contributed by atoms with Crippen LogP contribution in [-0.4, -0.2) is 177 Å². The highest BCUT2D eigenvalue weighted by molar-refractivity contribution is 9.11. The van der Waals surface area contributed by atoms with Crippen molar-refractivity contribution in [2.45, 2.75) is 136 Å². The highest BCUT2D eigenvalue weighted by Gasteiger charge is 2.46. The van der Waals surface area contributed by atoms with Crippen molar-refractivity contribution in [1.82, 2.24) is 16.0 Å². The molecule has 3 amide bonds. The van der Waals surface area contributed by atoms with Crippen LogP contribution < -0.4 is 16.0 Å². The molecule has 2 unspecified atom stereocenters. The van der Waals surface area contributed by atoms with E-state index in [9.17, 15) is 43.5 Å². The Bertz CT molecular complexity index is 1930. The number of aliphatic hydroxyl groups is 1. The second-order valence-electron chi connectivity index (χ2n) is 22.3. The summed E-state index contributed by atoms with van der Waals surface area (Å²) < 4.78 is 38.4. The number of aliphatic hydroxyl groups excluding tert-OH is 1. The fraction of sp³-hybridized carbons (Fsp3) is 0.833. The molecule has 23 nitrogen and oxygen atoms in total. The lowest BCUT2D eigenvalue weighted by Gasteiger charge is -2.38. The second kappa shape index (κ2) is 31.3. The maximum absolute atomic E-state index is 14.7. The summed E-state index contributed by atoms with van der Waals surface area (Å²) in [7, 11) is 0. The van der Waals surface area contributed by atoms with Gasteiger partial charge in [-0.15, -0.1) is 0 Å². The topological polar surface area (TPSA) is 315 Å². The smallest absolute Gasteiger partial charge is 0.322 e. The molecule has 0 aliphatic carbocycles. The van der Waals surface area contributed by atoms with Crippen molar-refractivity contribution in [2.24, 2.45) is 26.8 Å². The Balaban J connectivity index is 7.98. The number of amides is 3. The maximum atomic E-state index is 14.7. The van der Waals surface area contributed by atoms with Gasteiger partial charge in [-0.1, -0.05) is 101 Å². The van der Waals surface area contributed by atoms with E-state index >= 15 is 0 Å². The first-order valence-corrected chi connectivity index (χ1v) is 28.8. The number of rotatable bonds is 36. The fourth-order valence-electron chi connectivity index (χ4n) is 5.40. The molecule has 4 N–H and O–H groups in total. The molecule has 0 aromatic heterocycles. The van der Waals surface area contributed by atoms with Gasteiger partial charge in [-0.3, -0.25) is 38.4 Å². The first-order chi connectivity index (χ1) is 34.7. The molecule has 0 aromatic carbocycles. The van der Waals surface area contributed by atoms with Crippen LogP contribution in [0.5, 0.6) is 0 Å². The zero-order valence-electron chi connectivity index (χ0n) is 46.6. The largest absolute Gasteiger partial charge is 0.463 e. The molecule has 0 aliphatic heterocycles. The van der Waals surface area contributed by atoms with Gasteiger partial charge in [-0.25, -0.2) is 0 Å². The molecule has 77 heavy (non-hydrogen) atoms. The molecule has 0 saturated carbocycles. The Morgan fingerprint density at radius 3 is 0.987 bits per heavy atom. The fourth-order valence-corrected chi connectivity index (χ4v) is 6.11. The van der Waals surface area contributed by atoms with Gasteiger partial charge in [0, 0.05) is 36.5 Å². The molecule has 2 atom stereocenters. The summed E-state index contributed by atoms with van der Waals surface area (Å²) in [5, 5.41) is 22.8. The van der Waals surface area contributed by atoms with E-state index in [4.69, 9.17) is 43.4 Å². The van der Waals surface area contributed by atoms with E-state index in [0.29, 0.717) is 0 Å². The van der Waals surface area contributed by atoms with Crippen molar-refractivity contribution in [3.8, 4) is 0 Å². The molecule has 0 heterocycles. The van der Waals surface area contributed by atoms with Gasteiger partial charge in [-0.2, -0.15) is 0 Å². The number of carbonyl (C=O) groups is 8. The van der Waals surface area contributed by atoms with E-state index in [1.54, 1.807) is 13.8 Å². The predicted molar refractivity (Wildman–Crippen MR) is 306 cm³/mol.